The zero-order valence-electron chi connectivity index (χ0n) is 13.5. The first-order chi connectivity index (χ1) is 12.2. The summed E-state index contributed by atoms with van der Waals surface area (Å²) in [7, 11) is 1.58. The molecule has 2 aromatic carbocycles. The number of rotatable bonds is 6. The third-order valence-corrected chi connectivity index (χ3v) is 3.79. The zero-order valence-corrected chi connectivity index (χ0v) is 14.3. The first-order valence-corrected chi connectivity index (χ1v) is 8.04. The minimum absolute atomic E-state index is 0.167. The van der Waals surface area contributed by atoms with Crippen LogP contribution < -0.4 is 10.1 Å². The topological polar surface area (TPSA) is 77.2 Å². The number of carbonyl (C=O) groups excluding carboxylic acids is 1. The van der Waals surface area contributed by atoms with Crippen molar-refractivity contribution in [3.63, 3.8) is 0 Å². The predicted molar refractivity (Wildman–Crippen MR) is 93.8 cm³/mol. The Bertz CT molecular complexity index is 845. The number of carbonyl (C=O) groups is 1. The Hall–Kier alpha value is -2.86. The molecule has 0 saturated carbocycles. The van der Waals surface area contributed by atoms with E-state index < -0.39 is 0 Å². The van der Waals surface area contributed by atoms with Crippen LogP contribution in [-0.2, 0) is 6.42 Å². The molecule has 0 saturated heterocycles. The average Bonchev–Trinajstić information content (AvgIpc) is 3.11. The summed E-state index contributed by atoms with van der Waals surface area (Å²) >= 11 is 5.86. The largest absolute Gasteiger partial charge is 0.497 e. The fourth-order valence-electron chi connectivity index (χ4n) is 2.19. The highest BCUT2D eigenvalue weighted by Gasteiger charge is 2.10. The molecule has 0 aliphatic heterocycles. The number of hydrogen-bond acceptors (Lipinski definition) is 5. The van der Waals surface area contributed by atoms with Crippen LogP contribution in [-0.4, -0.2) is 29.8 Å². The lowest BCUT2D eigenvalue weighted by Gasteiger charge is -2.04. The van der Waals surface area contributed by atoms with Crippen molar-refractivity contribution < 1.29 is 13.9 Å². The Morgan fingerprint density at radius 3 is 2.52 bits per heavy atom. The molecule has 1 amide bonds. The zero-order chi connectivity index (χ0) is 17.6. The molecule has 1 N–H and O–H groups in total. The average molecular weight is 358 g/mol. The van der Waals surface area contributed by atoms with Gasteiger partial charge in [0.1, 0.15) is 5.75 Å². The van der Waals surface area contributed by atoms with Crippen LogP contribution in [0.4, 0.5) is 0 Å². The van der Waals surface area contributed by atoms with Crippen molar-refractivity contribution in [2.75, 3.05) is 13.7 Å². The Balaban J connectivity index is 1.53. The SMILES string of the molecule is COc1ccc(C(=O)NCCc2nnc(-c3ccc(Cl)cc3)o2)cc1. The van der Waals surface area contributed by atoms with Gasteiger partial charge in [-0.15, -0.1) is 10.2 Å². The molecule has 1 heterocycles. The van der Waals surface area contributed by atoms with Gasteiger partial charge in [-0.25, -0.2) is 0 Å². The van der Waals surface area contributed by atoms with Gasteiger partial charge < -0.3 is 14.5 Å². The monoisotopic (exact) mass is 357 g/mol. The summed E-state index contributed by atoms with van der Waals surface area (Å²) in [6.07, 6.45) is 0.447. The third-order valence-electron chi connectivity index (χ3n) is 3.53. The predicted octanol–water partition coefficient (Wildman–Crippen LogP) is 3.37. The van der Waals surface area contributed by atoms with Gasteiger partial charge in [0.15, 0.2) is 0 Å². The van der Waals surface area contributed by atoms with Gasteiger partial charge >= 0.3 is 0 Å². The fourth-order valence-corrected chi connectivity index (χ4v) is 2.32. The highest BCUT2D eigenvalue weighted by molar-refractivity contribution is 6.30. The van der Waals surface area contributed by atoms with Crippen LogP contribution in [0.1, 0.15) is 16.2 Å². The molecule has 25 heavy (non-hydrogen) atoms. The van der Waals surface area contributed by atoms with Gasteiger partial charge in [-0.2, -0.15) is 0 Å². The van der Waals surface area contributed by atoms with Crippen LogP contribution in [0.3, 0.4) is 0 Å². The summed E-state index contributed by atoms with van der Waals surface area (Å²) in [5.74, 6) is 1.42. The molecular formula is C18H16ClN3O3. The highest BCUT2D eigenvalue weighted by atomic mass is 35.5. The van der Waals surface area contributed by atoms with Crippen LogP contribution in [0, 0.1) is 0 Å². The summed E-state index contributed by atoms with van der Waals surface area (Å²) in [5, 5.41) is 11.5. The molecule has 0 fully saturated rings. The van der Waals surface area contributed by atoms with Crippen molar-refractivity contribution in [2.24, 2.45) is 0 Å². The number of amides is 1. The van der Waals surface area contributed by atoms with Gasteiger partial charge in [0.05, 0.1) is 7.11 Å². The Morgan fingerprint density at radius 1 is 1.12 bits per heavy atom. The van der Waals surface area contributed by atoms with Gasteiger partial charge in [-0.3, -0.25) is 4.79 Å². The minimum Gasteiger partial charge on any atom is -0.497 e. The summed E-state index contributed by atoms with van der Waals surface area (Å²) in [6, 6.07) is 14.0. The minimum atomic E-state index is -0.167. The van der Waals surface area contributed by atoms with Gasteiger partial charge in [0.2, 0.25) is 11.8 Å². The fraction of sp³-hybridized carbons (Fsp3) is 0.167. The lowest BCUT2D eigenvalue weighted by atomic mass is 10.2. The van der Waals surface area contributed by atoms with Crippen LogP contribution >= 0.6 is 11.6 Å². The van der Waals surface area contributed by atoms with Crippen LogP contribution in [0.5, 0.6) is 5.75 Å². The van der Waals surface area contributed by atoms with Crippen LogP contribution in [0.25, 0.3) is 11.5 Å². The van der Waals surface area contributed by atoms with E-state index in [2.05, 4.69) is 15.5 Å². The summed E-state index contributed by atoms with van der Waals surface area (Å²) in [5.41, 5.74) is 1.36. The lowest BCUT2D eigenvalue weighted by molar-refractivity contribution is 0.0953. The molecule has 0 aliphatic carbocycles. The molecule has 0 spiro atoms. The summed E-state index contributed by atoms with van der Waals surface area (Å²) < 4.78 is 10.7. The molecule has 128 valence electrons. The number of methoxy groups -OCH3 is 1. The van der Waals surface area contributed by atoms with E-state index in [9.17, 15) is 4.79 Å². The summed E-state index contributed by atoms with van der Waals surface area (Å²) in [6.45, 7) is 0.396. The quantitative estimate of drug-likeness (QED) is 0.731. The lowest BCUT2D eigenvalue weighted by Crippen LogP contribution is -2.25. The van der Waals surface area contributed by atoms with E-state index in [0.29, 0.717) is 41.1 Å². The number of hydrogen-bond donors (Lipinski definition) is 1. The van der Waals surface area contributed by atoms with E-state index in [1.807, 2.05) is 12.1 Å². The molecule has 0 atom stereocenters. The number of benzene rings is 2. The molecule has 1 aromatic heterocycles. The summed E-state index contributed by atoms with van der Waals surface area (Å²) in [4.78, 5) is 12.1. The highest BCUT2D eigenvalue weighted by Crippen LogP contribution is 2.20. The molecule has 3 rings (SSSR count). The second kappa shape index (κ2) is 7.81. The van der Waals surface area contributed by atoms with Crippen molar-refractivity contribution in [1.82, 2.24) is 15.5 Å². The van der Waals surface area contributed by atoms with E-state index in [4.69, 9.17) is 20.8 Å². The maximum absolute atomic E-state index is 12.1. The van der Waals surface area contributed by atoms with Crippen molar-refractivity contribution >= 4 is 17.5 Å². The number of nitrogens with one attached hydrogen (secondary N) is 1. The van der Waals surface area contributed by atoms with Gasteiger partial charge in [0, 0.05) is 29.1 Å². The molecule has 3 aromatic rings. The van der Waals surface area contributed by atoms with E-state index in [-0.39, 0.29) is 5.91 Å². The Kier molecular flexibility index (Phi) is 5.30. The van der Waals surface area contributed by atoms with E-state index in [0.717, 1.165) is 5.56 Å². The van der Waals surface area contributed by atoms with Crippen LogP contribution in [0.2, 0.25) is 5.02 Å². The molecule has 0 aliphatic rings. The molecular weight excluding hydrogens is 342 g/mol. The maximum atomic E-state index is 12.1. The molecule has 0 bridgehead atoms. The smallest absolute Gasteiger partial charge is 0.251 e. The number of nitrogens with zero attached hydrogens (tertiary/aromatic N) is 2. The van der Waals surface area contributed by atoms with Crippen molar-refractivity contribution in [1.29, 1.82) is 0 Å². The molecule has 0 unspecified atom stereocenters. The van der Waals surface area contributed by atoms with E-state index in [1.165, 1.54) is 0 Å². The Morgan fingerprint density at radius 2 is 1.84 bits per heavy atom. The van der Waals surface area contributed by atoms with Crippen LogP contribution in [0.15, 0.2) is 52.9 Å². The van der Waals surface area contributed by atoms with Gasteiger partial charge in [-0.05, 0) is 48.5 Å². The second-order valence-electron chi connectivity index (χ2n) is 5.24. The standard InChI is InChI=1S/C18H16ClN3O3/c1-24-15-8-4-12(5-9-15)17(23)20-11-10-16-21-22-18(25-16)13-2-6-14(19)7-3-13/h2-9H,10-11H2,1H3,(H,20,23). The van der Waals surface area contributed by atoms with Crippen molar-refractivity contribution in [3.8, 4) is 17.2 Å². The Labute approximate surface area is 149 Å². The maximum Gasteiger partial charge on any atom is 0.251 e. The number of ether oxygens (including phenoxy) is 1. The van der Waals surface area contributed by atoms with E-state index >= 15 is 0 Å². The third kappa shape index (κ3) is 4.36. The number of aromatic nitrogens is 2. The van der Waals surface area contributed by atoms with Crippen molar-refractivity contribution in [2.45, 2.75) is 6.42 Å². The first kappa shape index (κ1) is 17.0. The van der Waals surface area contributed by atoms with Gasteiger partial charge in [0.25, 0.3) is 5.91 Å². The molecule has 7 heteroatoms. The first-order valence-electron chi connectivity index (χ1n) is 7.66. The second-order valence-corrected chi connectivity index (χ2v) is 5.68. The van der Waals surface area contributed by atoms with E-state index in [1.54, 1.807) is 43.5 Å². The normalized spacial score (nSPS) is 10.5. The number of halogens is 1. The van der Waals surface area contributed by atoms with Gasteiger partial charge in [-0.1, -0.05) is 11.6 Å². The molecule has 0 radical (unpaired) electrons. The van der Waals surface area contributed by atoms with Crippen molar-refractivity contribution in [3.05, 3.63) is 65.0 Å². The molecule has 6 nitrogen and oxygen atoms in total.